The minimum Gasteiger partial charge on any atom is -0.393 e. The third kappa shape index (κ3) is 5.85. The third-order valence-electron chi connectivity index (χ3n) is 8.37. The molecule has 2 aliphatic rings. The first-order valence-corrected chi connectivity index (χ1v) is 14.7. The normalized spacial score (nSPS) is 16.5. The number of pyridine rings is 3. The summed E-state index contributed by atoms with van der Waals surface area (Å²) in [5, 5.41) is 16.3. The summed E-state index contributed by atoms with van der Waals surface area (Å²) in [6, 6.07) is 10.0. The zero-order valence-electron chi connectivity index (χ0n) is 23.6. The van der Waals surface area contributed by atoms with Crippen LogP contribution in [0.15, 0.2) is 53.6 Å². The number of aromatic amines is 1. The van der Waals surface area contributed by atoms with Crippen molar-refractivity contribution in [2.75, 3.05) is 28.6 Å². The Hall–Kier alpha value is -4.31. The van der Waals surface area contributed by atoms with E-state index in [1.807, 2.05) is 19.1 Å². The highest BCUT2D eigenvalue weighted by Crippen LogP contribution is 2.33. The first-order valence-electron chi connectivity index (χ1n) is 14.7. The number of H-pyrrole nitrogens is 1. The van der Waals surface area contributed by atoms with Crippen LogP contribution in [0.1, 0.15) is 50.5 Å². The number of halogens is 1. The van der Waals surface area contributed by atoms with Gasteiger partial charge in [0.1, 0.15) is 11.6 Å². The van der Waals surface area contributed by atoms with Crippen molar-refractivity contribution in [2.45, 2.75) is 58.0 Å². The van der Waals surface area contributed by atoms with Gasteiger partial charge >= 0.3 is 0 Å². The molecular formula is C32H35FN6O3. The molecule has 6 rings (SSSR count). The smallest absolute Gasteiger partial charge is 0.259 e. The van der Waals surface area contributed by atoms with E-state index < -0.39 is 5.82 Å². The monoisotopic (exact) mass is 570 g/mol. The van der Waals surface area contributed by atoms with Gasteiger partial charge in [0.2, 0.25) is 5.91 Å². The molecule has 0 radical (unpaired) electrons. The highest BCUT2D eigenvalue weighted by atomic mass is 19.1. The summed E-state index contributed by atoms with van der Waals surface area (Å²) < 4.78 is 15.5. The highest BCUT2D eigenvalue weighted by molar-refractivity contribution is 5.96. The number of anilines is 4. The molecule has 0 atom stereocenters. The van der Waals surface area contributed by atoms with Crippen LogP contribution in [0.5, 0.6) is 0 Å². The van der Waals surface area contributed by atoms with E-state index in [-0.39, 0.29) is 29.1 Å². The molecule has 2 fully saturated rings. The molecule has 42 heavy (non-hydrogen) atoms. The molecule has 1 amide bonds. The van der Waals surface area contributed by atoms with E-state index in [1.54, 1.807) is 30.6 Å². The van der Waals surface area contributed by atoms with Crippen molar-refractivity contribution < 1.29 is 14.3 Å². The first-order chi connectivity index (χ1) is 20.4. The Balaban J connectivity index is 1.30. The van der Waals surface area contributed by atoms with Crippen molar-refractivity contribution >= 4 is 39.7 Å². The number of nitrogens with zero attached hydrogens (tertiary/aromatic N) is 3. The molecule has 4 N–H and O–H groups in total. The molecule has 1 aliphatic heterocycles. The number of carbonyl (C=O) groups excluding carboxylic acids is 1. The van der Waals surface area contributed by atoms with Crippen molar-refractivity contribution in [3.63, 3.8) is 0 Å². The molecule has 3 aromatic heterocycles. The zero-order chi connectivity index (χ0) is 29.2. The molecule has 1 aromatic carbocycles. The average Bonchev–Trinajstić information content (AvgIpc) is 3.00. The van der Waals surface area contributed by atoms with Gasteiger partial charge in [0, 0.05) is 36.5 Å². The second kappa shape index (κ2) is 11.9. The Labute approximate surface area is 243 Å². The lowest BCUT2D eigenvalue weighted by molar-refractivity contribution is -0.120. The van der Waals surface area contributed by atoms with E-state index in [1.165, 1.54) is 6.07 Å². The number of aliphatic hydroxyl groups excluding tert-OH is 1. The number of aromatic nitrogens is 3. The summed E-state index contributed by atoms with van der Waals surface area (Å²) in [5.41, 5.74) is 3.30. The second-order valence-corrected chi connectivity index (χ2v) is 11.3. The number of nitrogens with one attached hydrogen (secondary N) is 3. The quantitative estimate of drug-likeness (QED) is 0.236. The predicted octanol–water partition coefficient (Wildman–Crippen LogP) is 5.66. The fourth-order valence-electron chi connectivity index (χ4n) is 5.93. The summed E-state index contributed by atoms with van der Waals surface area (Å²) in [7, 11) is 0. The molecule has 1 saturated carbocycles. The minimum absolute atomic E-state index is 0.0335. The molecule has 0 unspecified atom stereocenters. The van der Waals surface area contributed by atoms with Gasteiger partial charge in [-0.25, -0.2) is 14.4 Å². The van der Waals surface area contributed by atoms with Gasteiger partial charge in [-0.1, -0.05) is 19.3 Å². The number of hydrogen-bond donors (Lipinski definition) is 4. The topological polar surface area (TPSA) is 123 Å². The Kier molecular flexibility index (Phi) is 7.88. The highest BCUT2D eigenvalue weighted by Gasteiger charge is 2.22. The minimum atomic E-state index is -0.522. The molecule has 9 nitrogen and oxygen atoms in total. The number of benzene rings is 1. The number of hydrogen-bond acceptors (Lipinski definition) is 7. The van der Waals surface area contributed by atoms with Crippen LogP contribution >= 0.6 is 0 Å². The molecule has 1 aliphatic carbocycles. The van der Waals surface area contributed by atoms with E-state index >= 15 is 4.39 Å². The van der Waals surface area contributed by atoms with Crippen LogP contribution in [-0.2, 0) is 4.79 Å². The van der Waals surface area contributed by atoms with Gasteiger partial charge in [-0.2, -0.15) is 0 Å². The standard InChI is InChI=1S/C32H35FN6O3/c1-19-17-35-32(42)29-27(37-28-10-8-22(18-34-28)39-13-11-23(40)12-14-39)16-26(38-30(19)29)24-9-7-21(15-25(24)33)36-31(41)20-5-3-2-4-6-20/h7-10,15-18,20,23,40H,2-6,11-14H2,1H3,(H,35,42)(H,36,41)(H,34,37,38). The molecule has 1 saturated heterocycles. The van der Waals surface area contributed by atoms with Crippen LogP contribution in [0.25, 0.3) is 22.2 Å². The number of aryl methyl sites for hydroxylation is 1. The first kappa shape index (κ1) is 27.8. The molecule has 0 spiro atoms. The number of aliphatic hydroxyl groups is 1. The van der Waals surface area contributed by atoms with Crippen LogP contribution in [0, 0.1) is 18.7 Å². The van der Waals surface area contributed by atoms with Gasteiger partial charge < -0.3 is 25.6 Å². The maximum Gasteiger partial charge on any atom is 0.259 e. The average molecular weight is 571 g/mol. The molecular weight excluding hydrogens is 535 g/mol. The SMILES string of the molecule is Cc1c[nH]c(=O)c2c(Nc3ccc(N4CCC(O)CC4)cn3)cc(-c3ccc(NC(=O)C4CCCCC4)cc3F)nc12. The summed E-state index contributed by atoms with van der Waals surface area (Å²) in [6.45, 7) is 3.36. The number of carbonyl (C=O) groups is 1. The van der Waals surface area contributed by atoms with Crippen molar-refractivity contribution in [1.29, 1.82) is 0 Å². The van der Waals surface area contributed by atoms with Gasteiger partial charge in [0.05, 0.1) is 40.3 Å². The van der Waals surface area contributed by atoms with Gasteiger partial charge in [-0.05, 0) is 74.6 Å². The Morgan fingerprint density at radius 1 is 1.07 bits per heavy atom. The van der Waals surface area contributed by atoms with Crippen LogP contribution in [-0.4, -0.2) is 45.2 Å². The van der Waals surface area contributed by atoms with Crippen molar-refractivity contribution in [3.05, 3.63) is 70.5 Å². The van der Waals surface area contributed by atoms with Crippen molar-refractivity contribution in [1.82, 2.24) is 15.0 Å². The number of fused-ring (bicyclic) bond motifs is 1. The van der Waals surface area contributed by atoms with Gasteiger partial charge in [0.25, 0.3) is 5.56 Å². The van der Waals surface area contributed by atoms with Crippen molar-refractivity contribution in [2.24, 2.45) is 5.92 Å². The Morgan fingerprint density at radius 3 is 2.57 bits per heavy atom. The largest absolute Gasteiger partial charge is 0.393 e. The third-order valence-corrected chi connectivity index (χ3v) is 8.37. The van der Waals surface area contributed by atoms with Crippen LogP contribution in [0.3, 0.4) is 0 Å². The lowest BCUT2D eigenvalue weighted by atomic mass is 9.88. The fraction of sp³-hybridized carbons (Fsp3) is 0.375. The van der Waals surface area contributed by atoms with Gasteiger partial charge in [0.15, 0.2) is 0 Å². The molecule has 4 aromatic rings. The van der Waals surface area contributed by atoms with Gasteiger partial charge in [-0.3, -0.25) is 9.59 Å². The summed E-state index contributed by atoms with van der Waals surface area (Å²) >= 11 is 0. The van der Waals surface area contributed by atoms with Crippen LogP contribution in [0.2, 0.25) is 0 Å². The van der Waals surface area contributed by atoms with Crippen LogP contribution < -0.4 is 21.1 Å². The zero-order valence-corrected chi connectivity index (χ0v) is 23.6. The van der Waals surface area contributed by atoms with E-state index in [0.717, 1.165) is 69.3 Å². The molecule has 4 heterocycles. The maximum atomic E-state index is 15.5. The lowest BCUT2D eigenvalue weighted by Crippen LogP contribution is -2.35. The number of amides is 1. The van der Waals surface area contributed by atoms with Crippen molar-refractivity contribution in [3.8, 4) is 11.3 Å². The lowest BCUT2D eigenvalue weighted by Gasteiger charge is -2.31. The molecule has 10 heteroatoms. The summed E-state index contributed by atoms with van der Waals surface area (Å²) in [5.74, 6) is -0.0977. The maximum absolute atomic E-state index is 15.5. The Bertz CT molecular complexity index is 1660. The van der Waals surface area contributed by atoms with E-state index in [9.17, 15) is 14.7 Å². The number of rotatable bonds is 6. The van der Waals surface area contributed by atoms with Crippen LogP contribution in [0.4, 0.5) is 27.3 Å². The van der Waals surface area contributed by atoms with Gasteiger partial charge in [-0.15, -0.1) is 0 Å². The molecule has 0 bridgehead atoms. The summed E-state index contributed by atoms with van der Waals surface area (Å²) in [4.78, 5) is 39.8. The predicted molar refractivity (Wildman–Crippen MR) is 163 cm³/mol. The fourth-order valence-corrected chi connectivity index (χ4v) is 5.93. The Morgan fingerprint density at radius 2 is 1.86 bits per heavy atom. The second-order valence-electron chi connectivity index (χ2n) is 11.3. The van der Waals surface area contributed by atoms with E-state index in [4.69, 9.17) is 0 Å². The van der Waals surface area contributed by atoms with E-state index in [0.29, 0.717) is 33.8 Å². The molecule has 218 valence electrons. The van der Waals surface area contributed by atoms with E-state index in [2.05, 4.69) is 30.5 Å². The number of piperidine rings is 1. The summed E-state index contributed by atoms with van der Waals surface area (Å²) in [6.07, 6.45) is 9.50.